The molecule has 2 atom stereocenters. The van der Waals surface area contributed by atoms with Crippen molar-refractivity contribution in [3.05, 3.63) is 29.3 Å². The average Bonchev–Trinajstić information content (AvgIpc) is 2.41. The highest BCUT2D eigenvalue weighted by molar-refractivity contribution is 5.38. The van der Waals surface area contributed by atoms with Crippen molar-refractivity contribution in [2.75, 3.05) is 33.5 Å². The van der Waals surface area contributed by atoms with E-state index in [0.29, 0.717) is 24.5 Å². The normalized spacial score (nSPS) is 14.1. The van der Waals surface area contributed by atoms with Crippen molar-refractivity contribution in [1.82, 2.24) is 0 Å². The van der Waals surface area contributed by atoms with Crippen molar-refractivity contribution >= 4 is 0 Å². The Morgan fingerprint density at radius 2 is 1.90 bits per heavy atom. The van der Waals surface area contributed by atoms with Gasteiger partial charge >= 0.3 is 0 Å². The number of benzene rings is 1. The summed E-state index contributed by atoms with van der Waals surface area (Å²) in [5, 5.41) is 19.4. The molecule has 0 aliphatic rings. The molecule has 0 spiro atoms. The molecule has 5 heteroatoms. The van der Waals surface area contributed by atoms with Gasteiger partial charge in [0.05, 0.1) is 25.9 Å². The van der Waals surface area contributed by atoms with Gasteiger partial charge in [0.2, 0.25) is 0 Å². The second-order valence-corrected chi connectivity index (χ2v) is 4.75. The summed E-state index contributed by atoms with van der Waals surface area (Å²) < 4.78 is 15.6. The quantitative estimate of drug-likeness (QED) is 0.672. The lowest BCUT2D eigenvalue weighted by Gasteiger charge is -2.17. The Morgan fingerprint density at radius 1 is 1.15 bits per heavy atom. The number of methoxy groups -OCH3 is 1. The summed E-state index contributed by atoms with van der Waals surface area (Å²) in [5.74, 6) is 0.593. The molecule has 5 nitrogen and oxygen atoms in total. The highest BCUT2D eigenvalue weighted by atomic mass is 16.5. The number of rotatable bonds is 9. The van der Waals surface area contributed by atoms with Gasteiger partial charge in [0.25, 0.3) is 0 Å². The fourth-order valence-electron chi connectivity index (χ4n) is 1.71. The van der Waals surface area contributed by atoms with E-state index in [0.717, 1.165) is 5.56 Å². The highest BCUT2D eigenvalue weighted by Crippen LogP contribution is 2.26. The standard InChI is InChI=1S/C15H24O5/c1-11-4-5-14(12(2)16)15(8-11)20-10-13(17)9-19-7-6-18-3/h4-5,8,12-13,16-17H,6-7,9-10H2,1-3H3/t12-,13?/m1/s1. The SMILES string of the molecule is COCCOCC(O)COc1cc(C)ccc1[C@@H](C)O. The van der Waals surface area contributed by atoms with E-state index in [4.69, 9.17) is 14.2 Å². The van der Waals surface area contributed by atoms with Crippen LogP contribution in [0, 0.1) is 6.92 Å². The molecule has 0 amide bonds. The number of hydrogen-bond acceptors (Lipinski definition) is 5. The van der Waals surface area contributed by atoms with Crippen LogP contribution in [0.2, 0.25) is 0 Å². The van der Waals surface area contributed by atoms with Gasteiger partial charge in [-0.1, -0.05) is 12.1 Å². The first-order valence-electron chi connectivity index (χ1n) is 6.70. The zero-order chi connectivity index (χ0) is 15.0. The number of aliphatic hydroxyl groups is 2. The van der Waals surface area contributed by atoms with Gasteiger partial charge in [0.1, 0.15) is 18.5 Å². The Hall–Kier alpha value is -1.14. The summed E-state index contributed by atoms with van der Waals surface area (Å²) in [6.07, 6.45) is -1.32. The summed E-state index contributed by atoms with van der Waals surface area (Å²) in [5.41, 5.74) is 1.75. The van der Waals surface area contributed by atoms with Crippen LogP contribution < -0.4 is 4.74 Å². The fraction of sp³-hybridized carbons (Fsp3) is 0.600. The third-order valence-corrected chi connectivity index (χ3v) is 2.79. The maximum Gasteiger partial charge on any atom is 0.125 e. The minimum absolute atomic E-state index is 0.121. The Bertz CT molecular complexity index is 392. The first-order valence-corrected chi connectivity index (χ1v) is 6.70. The molecule has 2 N–H and O–H groups in total. The van der Waals surface area contributed by atoms with Gasteiger partial charge < -0.3 is 24.4 Å². The van der Waals surface area contributed by atoms with E-state index in [1.807, 2.05) is 25.1 Å². The predicted molar refractivity (Wildman–Crippen MR) is 76.0 cm³/mol. The lowest BCUT2D eigenvalue weighted by atomic mass is 10.1. The molecule has 0 bridgehead atoms. The van der Waals surface area contributed by atoms with Crippen LogP contribution in [-0.2, 0) is 9.47 Å². The van der Waals surface area contributed by atoms with Crippen molar-refractivity contribution < 1.29 is 24.4 Å². The molecule has 114 valence electrons. The van der Waals surface area contributed by atoms with Crippen LogP contribution in [0.4, 0.5) is 0 Å². The minimum atomic E-state index is -0.714. The lowest BCUT2D eigenvalue weighted by molar-refractivity contribution is -0.00461. The van der Waals surface area contributed by atoms with Crippen molar-refractivity contribution in [3.63, 3.8) is 0 Å². The van der Waals surface area contributed by atoms with Gasteiger partial charge in [-0.2, -0.15) is 0 Å². The monoisotopic (exact) mass is 284 g/mol. The number of ether oxygens (including phenoxy) is 3. The molecule has 1 aromatic carbocycles. The maximum atomic E-state index is 9.76. The van der Waals surface area contributed by atoms with Crippen LogP contribution in [0.25, 0.3) is 0 Å². The van der Waals surface area contributed by atoms with Gasteiger partial charge in [-0.25, -0.2) is 0 Å². The molecule has 20 heavy (non-hydrogen) atoms. The highest BCUT2D eigenvalue weighted by Gasteiger charge is 2.12. The van der Waals surface area contributed by atoms with E-state index in [2.05, 4.69) is 0 Å². The van der Waals surface area contributed by atoms with Crippen molar-refractivity contribution in [1.29, 1.82) is 0 Å². The van der Waals surface area contributed by atoms with Gasteiger partial charge in [-0.15, -0.1) is 0 Å². The molecule has 1 aromatic rings. The Labute approximate surface area is 120 Å². The molecule has 0 saturated carbocycles. The van der Waals surface area contributed by atoms with Crippen molar-refractivity contribution in [2.45, 2.75) is 26.1 Å². The van der Waals surface area contributed by atoms with Crippen LogP contribution in [0.5, 0.6) is 5.75 Å². The molecule has 1 unspecified atom stereocenters. The van der Waals surface area contributed by atoms with Gasteiger partial charge in [0, 0.05) is 12.7 Å². The number of hydrogen-bond donors (Lipinski definition) is 2. The molecule has 0 aromatic heterocycles. The third-order valence-electron chi connectivity index (χ3n) is 2.79. The molecular weight excluding hydrogens is 260 g/mol. The van der Waals surface area contributed by atoms with Crippen LogP contribution in [-0.4, -0.2) is 49.9 Å². The largest absolute Gasteiger partial charge is 0.490 e. The molecule has 1 rings (SSSR count). The van der Waals surface area contributed by atoms with Gasteiger partial charge in [-0.3, -0.25) is 0 Å². The van der Waals surface area contributed by atoms with Crippen LogP contribution in [0.3, 0.4) is 0 Å². The Balaban J connectivity index is 2.46. The molecule has 0 saturated heterocycles. The zero-order valence-corrected chi connectivity index (χ0v) is 12.3. The summed E-state index contributed by atoms with van der Waals surface area (Å²) in [7, 11) is 1.60. The molecular formula is C15H24O5. The summed E-state index contributed by atoms with van der Waals surface area (Å²) >= 11 is 0. The fourth-order valence-corrected chi connectivity index (χ4v) is 1.71. The molecule has 0 aliphatic carbocycles. The second kappa shape index (κ2) is 8.92. The summed E-state index contributed by atoms with van der Waals surface area (Å²) in [6.45, 7) is 4.88. The van der Waals surface area contributed by atoms with E-state index in [-0.39, 0.29) is 13.2 Å². The predicted octanol–water partition coefficient (Wildman–Crippen LogP) is 1.45. The lowest BCUT2D eigenvalue weighted by Crippen LogP contribution is -2.24. The van der Waals surface area contributed by atoms with E-state index in [1.165, 1.54) is 0 Å². The van der Waals surface area contributed by atoms with Crippen molar-refractivity contribution in [2.24, 2.45) is 0 Å². The van der Waals surface area contributed by atoms with E-state index < -0.39 is 12.2 Å². The zero-order valence-electron chi connectivity index (χ0n) is 12.3. The minimum Gasteiger partial charge on any atom is -0.490 e. The number of aryl methyl sites for hydroxylation is 1. The molecule has 0 radical (unpaired) electrons. The van der Waals surface area contributed by atoms with Crippen LogP contribution >= 0.6 is 0 Å². The summed E-state index contributed by atoms with van der Waals surface area (Å²) in [6, 6.07) is 5.59. The van der Waals surface area contributed by atoms with E-state index >= 15 is 0 Å². The first kappa shape index (κ1) is 16.9. The first-order chi connectivity index (χ1) is 9.54. The molecule has 0 heterocycles. The maximum absolute atomic E-state index is 9.76. The third kappa shape index (κ3) is 5.88. The van der Waals surface area contributed by atoms with E-state index in [9.17, 15) is 10.2 Å². The van der Waals surface area contributed by atoms with Gasteiger partial charge in [-0.05, 0) is 25.5 Å². The smallest absolute Gasteiger partial charge is 0.125 e. The number of aliphatic hydroxyl groups excluding tert-OH is 2. The average molecular weight is 284 g/mol. The van der Waals surface area contributed by atoms with Crippen LogP contribution in [0.1, 0.15) is 24.2 Å². The van der Waals surface area contributed by atoms with E-state index in [1.54, 1.807) is 14.0 Å². The second-order valence-electron chi connectivity index (χ2n) is 4.75. The van der Waals surface area contributed by atoms with Gasteiger partial charge in [0.15, 0.2) is 0 Å². The topological polar surface area (TPSA) is 68.2 Å². The van der Waals surface area contributed by atoms with Crippen molar-refractivity contribution in [3.8, 4) is 5.75 Å². The van der Waals surface area contributed by atoms with Crippen LogP contribution in [0.15, 0.2) is 18.2 Å². The molecule has 0 aliphatic heterocycles. The molecule has 0 fully saturated rings. The Kier molecular flexibility index (Phi) is 7.54. The Morgan fingerprint density at radius 3 is 2.55 bits per heavy atom. The summed E-state index contributed by atoms with van der Waals surface area (Å²) in [4.78, 5) is 0.